The van der Waals surface area contributed by atoms with Crippen molar-refractivity contribution in [3.8, 4) is 0 Å². The summed E-state index contributed by atoms with van der Waals surface area (Å²) in [7, 11) is 1.43. The summed E-state index contributed by atoms with van der Waals surface area (Å²) < 4.78 is 4.71. The number of esters is 1. The van der Waals surface area contributed by atoms with Crippen molar-refractivity contribution in [2.24, 2.45) is 5.92 Å². The first-order valence-electron chi connectivity index (χ1n) is 7.89. The number of piperidine rings is 1. The number of carbonyl (C=O) groups is 1. The van der Waals surface area contributed by atoms with Gasteiger partial charge >= 0.3 is 5.97 Å². The lowest BCUT2D eigenvalue weighted by Gasteiger charge is -2.33. The smallest absolute Gasteiger partial charge is 0.333 e. The first kappa shape index (κ1) is 15.5. The highest BCUT2D eigenvalue weighted by Gasteiger charge is 2.22. The van der Waals surface area contributed by atoms with Crippen LogP contribution in [-0.4, -0.2) is 62.1 Å². The zero-order valence-corrected chi connectivity index (χ0v) is 12.9. The van der Waals surface area contributed by atoms with Gasteiger partial charge in [-0.2, -0.15) is 0 Å². The summed E-state index contributed by atoms with van der Waals surface area (Å²) in [6.45, 7) is 8.92. The molecule has 2 fully saturated rings. The molecule has 0 aliphatic carbocycles. The summed E-state index contributed by atoms with van der Waals surface area (Å²) in [5.41, 5.74) is 0.715. The molecule has 0 atom stereocenters. The Kier molecular flexibility index (Phi) is 6.05. The van der Waals surface area contributed by atoms with Gasteiger partial charge in [-0.3, -0.25) is 4.90 Å². The summed E-state index contributed by atoms with van der Waals surface area (Å²) in [6, 6.07) is 0. The van der Waals surface area contributed by atoms with E-state index < -0.39 is 0 Å². The molecule has 0 spiro atoms. The zero-order valence-electron chi connectivity index (χ0n) is 12.9. The third-order valence-electron chi connectivity index (χ3n) is 4.59. The van der Waals surface area contributed by atoms with Crippen molar-refractivity contribution in [2.45, 2.75) is 32.6 Å². The second kappa shape index (κ2) is 7.79. The van der Waals surface area contributed by atoms with E-state index in [2.05, 4.69) is 9.80 Å². The average molecular weight is 280 g/mol. The molecule has 4 heteroatoms. The van der Waals surface area contributed by atoms with Crippen LogP contribution in [0.4, 0.5) is 0 Å². The molecule has 0 radical (unpaired) electrons. The molecular formula is C16H28N2O2. The van der Waals surface area contributed by atoms with Gasteiger partial charge in [-0.25, -0.2) is 4.79 Å². The largest absolute Gasteiger partial charge is 0.466 e. The van der Waals surface area contributed by atoms with Crippen LogP contribution >= 0.6 is 0 Å². The Morgan fingerprint density at radius 3 is 2.40 bits per heavy atom. The maximum atomic E-state index is 11.3. The molecule has 0 bridgehead atoms. The van der Waals surface area contributed by atoms with Crippen LogP contribution in [0.25, 0.3) is 0 Å². The lowest BCUT2D eigenvalue weighted by molar-refractivity contribution is -0.136. The Labute approximate surface area is 122 Å². The van der Waals surface area contributed by atoms with E-state index in [1.54, 1.807) is 0 Å². The Balaban J connectivity index is 1.67. The molecule has 4 nitrogen and oxygen atoms in total. The summed E-state index contributed by atoms with van der Waals surface area (Å²) in [4.78, 5) is 16.4. The fraction of sp³-hybridized carbons (Fsp3) is 0.812. The van der Waals surface area contributed by atoms with Crippen molar-refractivity contribution in [2.75, 3.05) is 46.4 Å². The molecule has 114 valence electrons. The number of carbonyl (C=O) groups excluding carboxylic acids is 1. The predicted octanol–water partition coefficient (Wildman–Crippen LogP) is 1.91. The van der Waals surface area contributed by atoms with Crippen LogP contribution in [0.5, 0.6) is 0 Å². The van der Waals surface area contributed by atoms with Gasteiger partial charge in [0.25, 0.3) is 0 Å². The quantitative estimate of drug-likeness (QED) is 0.569. The normalized spacial score (nSPS) is 23.2. The van der Waals surface area contributed by atoms with Gasteiger partial charge in [0.05, 0.1) is 7.11 Å². The molecule has 20 heavy (non-hydrogen) atoms. The van der Waals surface area contributed by atoms with Gasteiger partial charge < -0.3 is 9.64 Å². The lowest BCUT2D eigenvalue weighted by atomic mass is 9.96. The van der Waals surface area contributed by atoms with Crippen molar-refractivity contribution in [1.29, 1.82) is 0 Å². The van der Waals surface area contributed by atoms with Crippen LogP contribution in [0.15, 0.2) is 11.6 Å². The van der Waals surface area contributed by atoms with Crippen LogP contribution in [-0.2, 0) is 9.53 Å². The number of ether oxygens (including phenoxy) is 1. The molecule has 0 amide bonds. The van der Waals surface area contributed by atoms with Crippen molar-refractivity contribution < 1.29 is 9.53 Å². The highest BCUT2D eigenvalue weighted by Crippen LogP contribution is 2.20. The molecule has 0 aromatic carbocycles. The first-order valence-corrected chi connectivity index (χ1v) is 7.89. The van der Waals surface area contributed by atoms with Crippen LogP contribution in [0.3, 0.4) is 0 Å². The van der Waals surface area contributed by atoms with Crippen LogP contribution < -0.4 is 0 Å². The SMILES string of the molecule is COC(=O)C(C)=CCN1CCC(CN2CCCC2)CC1. The summed E-state index contributed by atoms with van der Waals surface area (Å²) in [5, 5.41) is 0. The van der Waals surface area contributed by atoms with Crippen molar-refractivity contribution in [3.05, 3.63) is 11.6 Å². The summed E-state index contributed by atoms with van der Waals surface area (Å²) >= 11 is 0. The summed E-state index contributed by atoms with van der Waals surface area (Å²) in [6.07, 6.45) is 7.35. The Bertz CT molecular complexity index is 340. The molecule has 0 N–H and O–H groups in total. The Morgan fingerprint density at radius 1 is 1.15 bits per heavy atom. The number of methoxy groups -OCH3 is 1. The molecule has 2 rings (SSSR count). The topological polar surface area (TPSA) is 32.8 Å². The van der Waals surface area contributed by atoms with E-state index in [9.17, 15) is 4.79 Å². The average Bonchev–Trinajstić information content (AvgIpc) is 2.98. The molecule has 0 unspecified atom stereocenters. The first-order chi connectivity index (χ1) is 9.69. The van der Waals surface area contributed by atoms with E-state index in [0.29, 0.717) is 5.57 Å². The van der Waals surface area contributed by atoms with Crippen LogP contribution in [0.2, 0.25) is 0 Å². The molecule has 0 aromatic heterocycles. The fourth-order valence-corrected chi connectivity index (χ4v) is 3.19. The second-order valence-electron chi connectivity index (χ2n) is 6.13. The molecule has 2 aliphatic heterocycles. The summed E-state index contributed by atoms with van der Waals surface area (Å²) in [5.74, 6) is 0.656. The van der Waals surface area contributed by atoms with Crippen molar-refractivity contribution in [3.63, 3.8) is 0 Å². The number of rotatable bonds is 5. The van der Waals surface area contributed by atoms with E-state index in [1.807, 2.05) is 13.0 Å². The minimum atomic E-state index is -0.214. The van der Waals surface area contributed by atoms with Crippen molar-refractivity contribution >= 4 is 5.97 Å². The van der Waals surface area contributed by atoms with Gasteiger partial charge in [0.2, 0.25) is 0 Å². The van der Waals surface area contributed by atoms with E-state index in [-0.39, 0.29) is 5.97 Å². The van der Waals surface area contributed by atoms with Gasteiger partial charge in [0, 0.05) is 18.7 Å². The second-order valence-corrected chi connectivity index (χ2v) is 6.13. The number of hydrogen-bond acceptors (Lipinski definition) is 4. The Morgan fingerprint density at radius 2 is 1.80 bits per heavy atom. The van der Waals surface area contributed by atoms with Crippen LogP contribution in [0.1, 0.15) is 32.6 Å². The van der Waals surface area contributed by atoms with E-state index in [4.69, 9.17) is 4.74 Å². The van der Waals surface area contributed by atoms with Gasteiger partial charge in [-0.15, -0.1) is 0 Å². The molecule has 0 saturated carbocycles. The lowest BCUT2D eigenvalue weighted by Crippen LogP contribution is -2.38. The minimum absolute atomic E-state index is 0.214. The predicted molar refractivity (Wildman–Crippen MR) is 80.6 cm³/mol. The standard InChI is InChI=1S/C16H28N2O2/c1-14(16(19)20-2)5-10-17-11-6-15(7-12-17)13-18-8-3-4-9-18/h5,15H,3-4,6-13H2,1-2H3. The molecular weight excluding hydrogens is 252 g/mol. The van der Waals surface area contributed by atoms with E-state index in [0.717, 1.165) is 25.6 Å². The molecule has 2 heterocycles. The van der Waals surface area contributed by atoms with Crippen molar-refractivity contribution in [1.82, 2.24) is 9.80 Å². The maximum Gasteiger partial charge on any atom is 0.333 e. The molecule has 2 saturated heterocycles. The molecule has 2 aliphatic rings. The number of likely N-dealkylation sites (tertiary alicyclic amines) is 2. The minimum Gasteiger partial charge on any atom is -0.466 e. The zero-order chi connectivity index (χ0) is 14.4. The number of nitrogens with zero attached hydrogens (tertiary/aromatic N) is 2. The third kappa shape index (κ3) is 4.60. The van der Waals surface area contributed by atoms with E-state index in [1.165, 1.54) is 52.4 Å². The maximum absolute atomic E-state index is 11.3. The monoisotopic (exact) mass is 280 g/mol. The fourth-order valence-electron chi connectivity index (χ4n) is 3.19. The highest BCUT2D eigenvalue weighted by atomic mass is 16.5. The number of hydrogen-bond donors (Lipinski definition) is 0. The van der Waals surface area contributed by atoms with Crippen LogP contribution in [0, 0.1) is 5.92 Å². The van der Waals surface area contributed by atoms with Gasteiger partial charge in [-0.05, 0) is 64.7 Å². The van der Waals surface area contributed by atoms with Gasteiger partial charge in [0.15, 0.2) is 0 Å². The van der Waals surface area contributed by atoms with Gasteiger partial charge in [-0.1, -0.05) is 6.08 Å². The molecule has 0 aromatic rings. The van der Waals surface area contributed by atoms with E-state index >= 15 is 0 Å². The highest BCUT2D eigenvalue weighted by molar-refractivity contribution is 5.87. The Hall–Kier alpha value is -0.870. The third-order valence-corrected chi connectivity index (χ3v) is 4.59. The van der Waals surface area contributed by atoms with Gasteiger partial charge in [0.1, 0.15) is 0 Å².